The zero-order valence-electron chi connectivity index (χ0n) is 14.5. The second-order valence-electron chi connectivity index (χ2n) is 5.95. The highest BCUT2D eigenvalue weighted by molar-refractivity contribution is 6.32. The van der Waals surface area contributed by atoms with Crippen molar-refractivity contribution in [3.63, 3.8) is 0 Å². The van der Waals surface area contributed by atoms with Crippen LogP contribution in [0.25, 0.3) is 0 Å². The van der Waals surface area contributed by atoms with Gasteiger partial charge < -0.3 is 19.7 Å². The highest BCUT2D eigenvalue weighted by atomic mass is 35.5. The number of fused-ring (bicyclic) bond motifs is 1. The summed E-state index contributed by atoms with van der Waals surface area (Å²) in [7, 11) is 1.53. The second kappa shape index (κ2) is 7.66. The van der Waals surface area contributed by atoms with Gasteiger partial charge in [0.1, 0.15) is 11.5 Å². The Morgan fingerprint density at radius 3 is 2.85 bits per heavy atom. The number of hydrogen-bond donors (Lipinski definition) is 1. The third kappa shape index (κ3) is 3.91. The van der Waals surface area contributed by atoms with Crippen LogP contribution in [-0.4, -0.2) is 32.1 Å². The van der Waals surface area contributed by atoms with E-state index in [-0.39, 0.29) is 31.4 Å². The molecule has 0 saturated carbocycles. The first-order valence-electron chi connectivity index (χ1n) is 8.15. The van der Waals surface area contributed by atoms with Gasteiger partial charge >= 0.3 is 0 Å². The lowest BCUT2D eigenvalue weighted by Crippen LogP contribution is -2.40. The molecule has 1 aliphatic rings. The topological polar surface area (TPSA) is 67.9 Å². The Hall–Kier alpha value is -2.73. The van der Waals surface area contributed by atoms with Crippen LogP contribution in [0.4, 0.5) is 11.4 Å². The normalized spacial score (nSPS) is 13.0. The molecule has 0 radical (unpaired) electrons. The number of benzene rings is 2. The molecule has 1 aliphatic heterocycles. The van der Waals surface area contributed by atoms with Gasteiger partial charge in [0.2, 0.25) is 5.91 Å². The average Bonchev–Trinajstić information content (AvgIpc) is 2.61. The minimum absolute atomic E-state index is 0.0221. The summed E-state index contributed by atoms with van der Waals surface area (Å²) in [6, 6.07) is 10.7. The molecule has 1 N–H and O–H groups in total. The zero-order chi connectivity index (χ0) is 18.7. The van der Waals surface area contributed by atoms with Crippen LogP contribution in [0.15, 0.2) is 36.4 Å². The molecular formula is C19H19ClN2O4. The summed E-state index contributed by atoms with van der Waals surface area (Å²) in [6.07, 6.45) is 0.156. The van der Waals surface area contributed by atoms with Gasteiger partial charge in [-0.05, 0) is 42.8 Å². The van der Waals surface area contributed by atoms with Gasteiger partial charge in [0.05, 0.1) is 17.8 Å². The number of anilines is 2. The number of nitrogens with zero attached hydrogens (tertiary/aromatic N) is 1. The largest absolute Gasteiger partial charge is 0.495 e. The van der Waals surface area contributed by atoms with Crippen molar-refractivity contribution in [1.29, 1.82) is 0 Å². The van der Waals surface area contributed by atoms with Crippen molar-refractivity contribution in [1.82, 2.24) is 0 Å². The van der Waals surface area contributed by atoms with Crippen molar-refractivity contribution >= 4 is 34.8 Å². The molecule has 2 amide bonds. The van der Waals surface area contributed by atoms with Crippen molar-refractivity contribution in [3.05, 3.63) is 47.0 Å². The maximum atomic E-state index is 12.3. The second-order valence-corrected chi connectivity index (χ2v) is 6.36. The molecule has 0 spiro atoms. The van der Waals surface area contributed by atoms with Crippen molar-refractivity contribution in [2.75, 3.05) is 30.5 Å². The number of carbonyl (C=O) groups excluding carboxylic acids is 2. The van der Waals surface area contributed by atoms with Crippen LogP contribution in [0.3, 0.4) is 0 Å². The highest BCUT2D eigenvalue weighted by Crippen LogP contribution is 2.33. The predicted octanol–water partition coefficient (Wildman–Crippen LogP) is 3.41. The van der Waals surface area contributed by atoms with E-state index in [2.05, 4.69) is 5.32 Å². The third-order valence-electron chi connectivity index (χ3n) is 4.06. The fraction of sp³-hybridized carbons (Fsp3) is 0.263. The molecule has 0 aromatic heterocycles. The Morgan fingerprint density at radius 2 is 2.12 bits per heavy atom. The monoisotopic (exact) mass is 374 g/mol. The van der Waals surface area contributed by atoms with Crippen molar-refractivity contribution in [2.24, 2.45) is 0 Å². The van der Waals surface area contributed by atoms with Crippen LogP contribution >= 0.6 is 11.6 Å². The number of nitrogens with one attached hydrogen (secondary N) is 1. The van der Waals surface area contributed by atoms with Gasteiger partial charge in [-0.3, -0.25) is 9.59 Å². The van der Waals surface area contributed by atoms with E-state index in [1.54, 1.807) is 23.1 Å². The van der Waals surface area contributed by atoms with E-state index < -0.39 is 0 Å². The van der Waals surface area contributed by atoms with Gasteiger partial charge in [-0.15, -0.1) is 0 Å². The summed E-state index contributed by atoms with van der Waals surface area (Å²) in [6.45, 7) is 2.19. The summed E-state index contributed by atoms with van der Waals surface area (Å²) in [4.78, 5) is 26.0. The Kier molecular flexibility index (Phi) is 5.32. The number of methoxy groups -OCH3 is 1. The number of aryl methyl sites for hydroxylation is 1. The number of hydrogen-bond acceptors (Lipinski definition) is 4. The highest BCUT2D eigenvalue weighted by Gasteiger charge is 2.25. The fourth-order valence-corrected chi connectivity index (χ4v) is 3.00. The fourth-order valence-electron chi connectivity index (χ4n) is 2.74. The van der Waals surface area contributed by atoms with Gasteiger partial charge in [0.15, 0.2) is 6.61 Å². The lowest BCUT2D eigenvalue weighted by molar-refractivity contribution is -0.121. The van der Waals surface area contributed by atoms with Crippen LogP contribution < -0.4 is 19.7 Å². The summed E-state index contributed by atoms with van der Waals surface area (Å²) >= 11 is 6.06. The molecular weight excluding hydrogens is 356 g/mol. The molecule has 136 valence electrons. The number of carbonyl (C=O) groups is 2. The van der Waals surface area contributed by atoms with E-state index in [1.807, 2.05) is 25.1 Å². The van der Waals surface area contributed by atoms with Crippen molar-refractivity contribution in [2.45, 2.75) is 13.3 Å². The summed E-state index contributed by atoms with van der Waals surface area (Å²) in [5.41, 5.74) is 2.29. The first-order chi connectivity index (χ1) is 12.5. The summed E-state index contributed by atoms with van der Waals surface area (Å²) in [5, 5.41) is 3.19. The minimum atomic E-state index is -0.209. The van der Waals surface area contributed by atoms with Gasteiger partial charge in [-0.1, -0.05) is 17.7 Å². The maximum absolute atomic E-state index is 12.3. The zero-order valence-corrected chi connectivity index (χ0v) is 15.3. The quantitative estimate of drug-likeness (QED) is 0.870. The molecule has 0 aliphatic carbocycles. The van der Waals surface area contributed by atoms with E-state index in [1.165, 1.54) is 7.11 Å². The van der Waals surface area contributed by atoms with Crippen LogP contribution in [0.5, 0.6) is 11.5 Å². The molecule has 0 unspecified atom stereocenters. The molecule has 0 fully saturated rings. The minimum Gasteiger partial charge on any atom is -0.495 e. The van der Waals surface area contributed by atoms with Crippen LogP contribution in [0.1, 0.15) is 12.0 Å². The molecule has 2 aromatic carbocycles. The number of amides is 2. The smallest absolute Gasteiger partial charge is 0.265 e. The molecule has 0 saturated heterocycles. The van der Waals surface area contributed by atoms with Crippen LogP contribution in [0, 0.1) is 6.92 Å². The predicted molar refractivity (Wildman–Crippen MR) is 100 cm³/mol. The van der Waals surface area contributed by atoms with Gasteiger partial charge in [0.25, 0.3) is 5.91 Å². The number of halogens is 1. The lowest BCUT2D eigenvalue weighted by Gasteiger charge is -2.29. The third-order valence-corrected chi connectivity index (χ3v) is 4.35. The Morgan fingerprint density at radius 1 is 1.31 bits per heavy atom. The number of ether oxygens (including phenoxy) is 2. The van der Waals surface area contributed by atoms with E-state index in [0.29, 0.717) is 27.9 Å². The molecule has 0 atom stereocenters. The molecule has 0 bridgehead atoms. The Balaban J connectivity index is 1.65. The molecule has 1 heterocycles. The molecule has 2 aromatic rings. The first kappa shape index (κ1) is 18.1. The Bertz CT molecular complexity index is 853. The molecule has 6 nitrogen and oxygen atoms in total. The van der Waals surface area contributed by atoms with E-state index in [9.17, 15) is 9.59 Å². The van der Waals surface area contributed by atoms with Crippen molar-refractivity contribution in [3.8, 4) is 11.5 Å². The lowest BCUT2D eigenvalue weighted by atomic mass is 10.1. The van der Waals surface area contributed by atoms with Crippen LogP contribution in [0.2, 0.25) is 5.02 Å². The van der Waals surface area contributed by atoms with E-state index in [0.717, 1.165) is 5.56 Å². The number of rotatable bonds is 5. The summed E-state index contributed by atoms with van der Waals surface area (Å²) < 4.78 is 10.5. The first-order valence-corrected chi connectivity index (χ1v) is 8.53. The van der Waals surface area contributed by atoms with Gasteiger partial charge in [-0.2, -0.15) is 0 Å². The van der Waals surface area contributed by atoms with Crippen LogP contribution in [-0.2, 0) is 9.59 Å². The van der Waals surface area contributed by atoms with E-state index >= 15 is 0 Å². The maximum Gasteiger partial charge on any atom is 0.265 e. The standard InChI is InChI=1S/C19H19ClN2O4/c1-12-3-5-17-15(9-12)22(19(24)11-26-17)8-7-18(23)21-13-4-6-16(25-2)14(20)10-13/h3-6,9-10H,7-8,11H2,1-2H3,(H,21,23). The molecule has 3 rings (SSSR count). The van der Waals surface area contributed by atoms with Gasteiger partial charge in [0, 0.05) is 18.7 Å². The summed E-state index contributed by atoms with van der Waals surface area (Å²) in [5.74, 6) is 0.816. The SMILES string of the molecule is COc1ccc(NC(=O)CCN2C(=O)COc3ccc(C)cc32)cc1Cl. The molecule has 7 heteroatoms. The Labute approximate surface area is 156 Å². The van der Waals surface area contributed by atoms with Gasteiger partial charge in [-0.25, -0.2) is 0 Å². The van der Waals surface area contributed by atoms with E-state index in [4.69, 9.17) is 21.1 Å². The molecule has 26 heavy (non-hydrogen) atoms. The average molecular weight is 375 g/mol. The van der Waals surface area contributed by atoms with Crippen molar-refractivity contribution < 1.29 is 19.1 Å².